The van der Waals surface area contributed by atoms with Crippen LogP contribution in [0, 0.1) is 5.41 Å². The molecule has 1 fully saturated rings. The first kappa shape index (κ1) is 8.48. The van der Waals surface area contributed by atoms with Crippen LogP contribution in [0.2, 0.25) is 0 Å². The fourth-order valence-corrected chi connectivity index (χ4v) is 0.600. The molecule has 1 saturated heterocycles. The first-order valence-electron chi connectivity index (χ1n) is 2.89. The molecule has 0 bridgehead atoms. The molecule has 64 valence electrons. The highest BCUT2D eigenvalue weighted by molar-refractivity contribution is 5.87. The first-order chi connectivity index (χ1) is 4.91. The van der Waals surface area contributed by atoms with Crippen molar-refractivity contribution in [2.24, 2.45) is 0 Å². The van der Waals surface area contributed by atoms with E-state index in [1.807, 2.05) is 0 Å². The zero-order chi connectivity index (χ0) is 8.65. The van der Waals surface area contributed by atoms with Crippen LogP contribution in [0.15, 0.2) is 0 Å². The van der Waals surface area contributed by atoms with Gasteiger partial charge in [0.1, 0.15) is 11.8 Å². The van der Waals surface area contributed by atoms with E-state index < -0.39 is 30.7 Å². The van der Waals surface area contributed by atoms with E-state index in [-0.39, 0.29) is 0 Å². The van der Waals surface area contributed by atoms with Crippen molar-refractivity contribution in [3.05, 3.63) is 0 Å². The van der Waals surface area contributed by atoms with Crippen molar-refractivity contribution in [2.45, 2.75) is 25.0 Å². The van der Waals surface area contributed by atoms with Gasteiger partial charge in [-0.05, 0) is 0 Å². The van der Waals surface area contributed by atoms with Crippen LogP contribution in [0.25, 0.3) is 0 Å². The number of halogens is 3. The SMILES string of the molecule is N=C(CC1OC1O)C(F)(F)F. The summed E-state index contributed by atoms with van der Waals surface area (Å²) >= 11 is 0. The predicted molar refractivity (Wildman–Crippen MR) is 29.3 cm³/mol. The molecule has 1 heterocycles. The summed E-state index contributed by atoms with van der Waals surface area (Å²) in [6, 6.07) is 0. The molecule has 3 nitrogen and oxygen atoms in total. The minimum absolute atomic E-state index is 0.565. The third kappa shape index (κ3) is 2.16. The van der Waals surface area contributed by atoms with Crippen LogP contribution in [-0.4, -0.2) is 29.4 Å². The second-order valence-electron chi connectivity index (χ2n) is 2.25. The quantitative estimate of drug-likeness (QED) is 0.471. The summed E-state index contributed by atoms with van der Waals surface area (Å²) in [4.78, 5) is 0. The second-order valence-corrected chi connectivity index (χ2v) is 2.25. The summed E-state index contributed by atoms with van der Waals surface area (Å²) in [5.74, 6) is 0. The lowest BCUT2D eigenvalue weighted by molar-refractivity contribution is -0.0615. The number of epoxide rings is 1. The topological polar surface area (TPSA) is 56.6 Å². The Hall–Kier alpha value is -0.620. The summed E-state index contributed by atoms with van der Waals surface area (Å²) in [6.45, 7) is 0. The van der Waals surface area contributed by atoms with Gasteiger partial charge in [0.15, 0.2) is 6.29 Å². The monoisotopic (exact) mass is 169 g/mol. The van der Waals surface area contributed by atoms with Gasteiger partial charge in [0.2, 0.25) is 0 Å². The third-order valence-electron chi connectivity index (χ3n) is 1.30. The summed E-state index contributed by atoms with van der Waals surface area (Å²) in [7, 11) is 0. The van der Waals surface area contributed by atoms with E-state index in [0.29, 0.717) is 0 Å². The number of nitrogens with one attached hydrogen (secondary N) is 1. The van der Waals surface area contributed by atoms with E-state index in [1.54, 1.807) is 0 Å². The summed E-state index contributed by atoms with van der Waals surface area (Å²) in [5, 5.41) is 14.9. The second kappa shape index (κ2) is 2.46. The standard InChI is InChI=1S/C5H6F3NO2/c6-5(7,8)3(9)1-2-4(10)11-2/h2,4,9-10H,1H2. The molecule has 0 aliphatic carbocycles. The Kier molecular flexibility index (Phi) is 1.89. The minimum Gasteiger partial charge on any atom is -0.366 e. The molecule has 11 heavy (non-hydrogen) atoms. The number of hydrogen-bond acceptors (Lipinski definition) is 3. The van der Waals surface area contributed by atoms with E-state index in [4.69, 9.17) is 10.5 Å². The average Bonchev–Trinajstić information content (AvgIpc) is 2.44. The van der Waals surface area contributed by atoms with Crippen LogP contribution in [0.1, 0.15) is 6.42 Å². The van der Waals surface area contributed by atoms with E-state index in [2.05, 4.69) is 4.74 Å². The van der Waals surface area contributed by atoms with Crippen LogP contribution < -0.4 is 0 Å². The maximum Gasteiger partial charge on any atom is 0.428 e. The van der Waals surface area contributed by atoms with Crippen LogP contribution >= 0.6 is 0 Å². The van der Waals surface area contributed by atoms with Crippen LogP contribution in [0.5, 0.6) is 0 Å². The lowest BCUT2D eigenvalue weighted by Gasteiger charge is -2.04. The fraction of sp³-hybridized carbons (Fsp3) is 0.800. The number of ether oxygens (including phenoxy) is 1. The molecule has 0 saturated carbocycles. The lowest BCUT2D eigenvalue weighted by atomic mass is 10.2. The van der Waals surface area contributed by atoms with Crippen molar-refractivity contribution in [3.63, 3.8) is 0 Å². The van der Waals surface area contributed by atoms with Crippen LogP contribution in [0.3, 0.4) is 0 Å². The molecule has 1 aliphatic rings. The highest BCUT2D eigenvalue weighted by Gasteiger charge is 2.44. The van der Waals surface area contributed by atoms with Gasteiger partial charge in [0, 0.05) is 6.42 Å². The molecule has 0 aromatic rings. The first-order valence-corrected chi connectivity index (χ1v) is 2.89. The fourth-order valence-electron chi connectivity index (χ4n) is 0.600. The highest BCUT2D eigenvalue weighted by Crippen LogP contribution is 2.27. The van der Waals surface area contributed by atoms with Crippen LogP contribution in [0.4, 0.5) is 13.2 Å². The molecule has 2 atom stereocenters. The minimum atomic E-state index is -4.59. The molecule has 1 rings (SSSR count). The molecule has 2 N–H and O–H groups in total. The average molecular weight is 169 g/mol. The van der Waals surface area contributed by atoms with Crippen molar-refractivity contribution in [1.82, 2.24) is 0 Å². The Morgan fingerprint density at radius 3 is 2.27 bits per heavy atom. The molecule has 6 heteroatoms. The van der Waals surface area contributed by atoms with Crippen molar-refractivity contribution in [1.29, 1.82) is 5.41 Å². The smallest absolute Gasteiger partial charge is 0.366 e. The zero-order valence-corrected chi connectivity index (χ0v) is 5.35. The van der Waals surface area contributed by atoms with Gasteiger partial charge in [-0.2, -0.15) is 13.2 Å². The summed E-state index contributed by atoms with van der Waals surface area (Å²) < 4.78 is 39.1. The Labute approximate surface area is 60.3 Å². The van der Waals surface area contributed by atoms with Gasteiger partial charge < -0.3 is 15.3 Å². The molecule has 0 spiro atoms. The van der Waals surface area contributed by atoms with Gasteiger partial charge in [-0.25, -0.2) is 0 Å². The molecule has 0 aromatic heterocycles. The zero-order valence-electron chi connectivity index (χ0n) is 5.35. The maximum atomic E-state index is 11.6. The highest BCUT2D eigenvalue weighted by atomic mass is 19.4. The number of hydrogen-bond donors (Lipinski definition) is 2. The molecule has 2 unspecified atom stereocenters. The molecule has 0 radical (unpaired) electrons. The van der Waals surface area contributed by atoms with E-state index >= 15 is 0 Å². The third-order valence-corrected chi connectivity index (χ3v) is 1.30. The summed E-state index contributed by atoms with van der Waals surface area (Å²) in [5.41, 5.74) is -1.36. The van der Waals surface area contributed by atoms with Gasteiger partial charge >= 0.3 is 6.18 Å². The lowest BCUT2D eigenvalue weighted by Crippen LogP contribution is -2.23. The number of aliphatic hydroxyl groups is 1. The van der Waals surface area contributed by atoms with Crippen molar-refractivity contribution in [2.75, 3.05) is 0 Å². The Morgan fingerprint density at radius 2 is 2.00 bits per heavy atom. The molecule has 0 amide bonds. The molecule has 0 aromatic carbocycles. The maximum absolute atomic E-state index is 11.6. The van der Waals surface area contributed by atoms with Gasteiger partial charge in [0.05, 0.1) is 0 Å². The van der Waals surface area contributed by atoms with E-state index in [9.17, 15) is 13.2 Å². The number of alkyl halides is 3. The number of rotatable bonds is 2. The normalized spacial score (nSPS) is 30.2. The van der Waals surface area contributed by atoms with Gasteiger partial charge in [-0.1, -0.05) is 0 Å². The van der Waals surface area contributed by atoms with Crippen molar-refractivity contribution >= 4 is 5.71 Å². The van der Waals surface area contributed by atoms with E-state index in [1.165, 1.54) is 0 Å². The van der Waals surface area contributed by atoms with Crippen LogP contribution in [-0.2, 0) is 4.74 Å². The van der Waals surface area contributed by atoms with Crippen molar-refractivity contribution in [3.8, 4) is 0 Å². The largest absolute Gasteiger partial charge is 0.428 e. The molecular formula is C5H6F3NO2. The van der Waals surface area contributed by atoms with E-state index in [0.717, 1.165) is 0 Å². The van der Waals surface area contributed by atoms with Crippen molar-refractivity contribution < 1.29 is 23.0 Å². The Morgan fingerprint density at radius 1 is 1.55 bits per heavy atom. The molecule has 1 aliphatic heterocycles. The van der Waals surface area contributed by atoms with Gasteiger partial charge in [-0.3, -0.25) is 0 Å². The summed E-state index contributed by atoms with van der Waals surface area (Å²) in [6.07, 6.45) is -7.10. The molecular weight excluding hydrogens is 163 g/mol. The number of aliphatic hydroxyl groups excluding tert-OH is 1. The van der Waals surface area contributed by atoms with Gasteiger partial charge in [0.25, 0.3) is 0 Å². The Bertz CT molecular complexity index is 179. The van der Waals surface area contributed by atoms with Gasteiger partial charge in [-0.15, -0.1) is 0 Å². The predicted octanol–water partition coefficient (Wildman–Crippen LogP) is 0.676. The Balaban J connectivity index is 2.33.